The van der Waals surface area contributed by atoms with Crippen LogP contribution in [0.1, 0.15) is 10.4 Å². The Morgan fingerprint density at radius 3 is 2.25 bits per heavy atom. The number of primary amides is 1. The van der Waals surface area contributed by atoms with Crippen molar-refractivity contribution in [1.29, 1.82) is 0 Å². The second-order valence-electron chi connectivity index (χ2n) is 4.62. The minimum Gasteiger partial charge on any atom is -0.484 e. The number of likely N-dealkylation sites (tertiary alicyclic amines) is 1. The van der Waals surface area contributed by atoms with Crippen LogP contribution in [0.4, 0.5) is 0 Å². The van der Waals surface area contributed by atoms with Crippen LogP contribution in [0, 0.1) is 0 Å². The first kappa shape index (κ1) is 14.3. The molecule has 0 radical (unpaired) electrons. The number of hydrogen-bond acceptors (Lipinski definition) is 5. The molecule has 1 aliphatic heterocycles. The van der Waals surface area contributed by atoms with Crippen molar-refractivity contribution in [1.82, 2.24) is 4.90 Å². The normalized spacial score (nSPS) is 21.8. The van der Waals surface area contributed by atoms with E-state index in [1.807, 2.05) is 0 Å². The Hall–Kier alpha value is -2.12. The van der Waals surface area contributed by atoms with Crippen LogP contribution in [0.2, 0.25) is 0 Å². The molecule has 2 unspecified atom stereocenters. The number of carbonyl (C=O) groups excluding carboxylic acids is 2. The fraction of sp³-hybridized carbons (Fsp3) is 0.385. The fourth-order valence-electron chi connectivity index (χ4n) is 1.97. The van der Waals surface area contributed by atoms with Crippen molar-refractivity contribution in [2.75, 3.05) is 19.7 Å². The molecule has 1 aromatic rings. The second-order valence-corrected chi connectivity index (χ2v) is 4.62. The third kappa shape index (κ3) is 3.25. The van der Waals surface area contributed by atoms with Crippen LogP contribution >= 0.6 is 0 Å². The maximum Gasteiger partial charge on any atom is 0.255 e. The molecular weight excluding hydrogens is 264 g/mol. The zero-order chi connectivity index (χ0) is 14.7. The molecule has 1 aliphatic rings. The van der Waals surface area contributed by atoms with Crippen LogP contribution in [0.3, 0.4) is 0 Å². The van der Waals surface area contributed by atoms with E-state index in [-0.39, 0.29) is 25.6 Å². The number of rotatable bonds is 4. The Bertz CT molecular complexity index is 492. The summed E-state index contributed by atoms with van der Waals surface area (Å²) in [6, 6.07) is 6.21. The van der Waals surface area contributed by atoms with Gasteiger partial charge in [-0.2, -0.15) is 0 Å². The molecule has 0 spiro atoms. The molecule has 0 aliphatic carbocycles. The summed E-state index contributed by atoms with van der Waals surface area (Å²) in [6.07, 6.45) is -1.81. The highest BCUT2D eigenvalue weighted by molar-refractivity contribution is 5.94. The van der Waals surface area contributed by atoms with Crippen molar-refractivity contribution >= 4 is 11.8 Å². The van der Waals surface area contributed by atoms with Gasteiger partial charge in [0, 0.05) is 18.7 Å². The molecule has 2 rings (SSSR count). The summed E-state index contributed by atoms with van der Waals surface area (Å²) in [5.74, 6) is -0.422. The Labute approximate surface area is 115 Å². The highest BCUT2D eigenvalue weighted by atomic mass is 16.5. The van der Waals surface area contributed by atoms with E-state index >= 15 is 0 Å². The molecular formula is C13H16N2O5. The summed E-state index contributed by atoms with van der Waals surface area (Å²) >= 11 is 0. The van der Waals surface area contributed by atoms with Crippen molar-refractivity contribution < 1.29 is 24.5 Å². The third-order valence-corrected chi connectivity index (χ3v) is 3.03. The largest absolute Gasteiger partial charge is 0.484 e. The molecule has 1 fully saturated rings. The van der Waals surface area contributed by atoms with Crippen molar-refractivity contribution in [2.45, 2.75) is 12.2 Å². The van der Waals surface area contributed by atoms with E-state index in [0.29, 0.717) is 11.3 Å². The lowest BCUT2D eigenvalue weighted by molar-refractivity contribution is -0.119. The molecule has 2 atom stereocenters. The number of amides is 2. The van der Waals surface area contributed by atoms with Gasteiger partial charge >= 0.3 is 0 Å². The van der Waals surface area contributed by atoms with E-state index in [0.717, 1.165) is 0 Å². The number of β-amino-alcohol motifs (C(OH)–C–C–N with tert-alkyl or cyclic N) is 2. The highest BCUT2D eigenvalue weighted by Crippen LogP contribution is 2.17. The number of ether oxygens (including phenoxy) is 1. The topological polar surface area (TPSA) is 113 Å². The van der Waals surface area contributed by atoms with Crippen LogP contribution in [0.15, 0.2) is 24.3 Å². The van der Waals surface area contributed by atoms with Crippen LogP contribution in [0.5, 0.6) is 5.75 Å². The van der Waals surface area contributed by atoms with Crippen LogP contribution in [-0.2, 0) is 4.79 Å². The van der Waals surface area contributed by atoms with Crippen LogP contribution in [-0.4, -0.2) is 58.8 Å². The van der Waals surface area contributed by atoms with Gasteiger partial charge < -0.3 is 25.6 Å². The number of benzene rings is 1. The van der Waals surface area contributed by atoms with Gasteiger partial charge in [-0.15, -0.1) is 0 Å². The maximum absolute atomic E-state index is 12.1. The zero-order valence-electron chi connectivity index (χ0n) is 10.7. The first-order chi connectivity index (χ1) is 9.47. The lowest BCUT2D eigenvalue weighted by Crippen LogP contribution is -2.29. The summed E-state index contributed by atoms with van der Waals surface area (Å²) < 4.78 is 5.08. The average molecular weight is 280 g/mol. The minimum atomic E-state index is -0.905. The number of nitrogens with zero attached hydrogens (tertiary/aromatic N) is 1. The lowest BCUT2D eigenvalue weighted by atomic mass is 10.2. The van der Waals surface area contributed by atoms with Crippen LogP contribution < -0.4 is 10.5 Å². The molecule has 108 valence electrons. The van der Waals surface area contributed by atoms with E-state index in [9.17, 15) is 19.8 Å². The predicted molar refractivity (Wildman–Crippen MR) is 69.0 cm³/mol. The lowest BCUT2D eigenvalue weighted by Gasteiger charge is -2.15. The smallest absolute Gasteiger partial charge is 0.255 e. The van der Waals surface area contributed by atoms with E-state index in [1.54, 1.807) is 24.3 Å². The van der Waals surface area contributed by atoms with Crippen molar-refractivity contribution in [3.05, 3.63) is 29.8 Å². The third-order valence-electron chi connectivity index (χ3n) is 3.03. The summed E-state index contributed by atoms with van der Waals surface area (Å²) in [5.41, 5.74) is 5.37. The Kier molecular flexibility index (Phi) is 4.21. The van der Waals surface area contributed by atoms with Gasteiger partial charge in [-0.3, -0.25) is 9.59 Å². The Balaban J connectivity index is 1.99. The van der Waals surface area contributed by atoms with Gasteiger partial charge in [0.25, 0.3) is 11.8 Å². The van der Waals surface area contributed by atoms with E-state index in [4.69, 9.17) is 10.5 Å². The van der Waals surface area contributed by atoms with E-state index in [1.165, 1.54) is 4.90 Å². The highest BCUT2D eigenvalue weighted by Gasteiger charge is 2.32. The minimum absolute atomic E-state index is 0.111. The number of aliphatic hydroxyl groups is 2. The molecule has 0 bridgehead atoms. The summed E-state index contributed by atoms with van der Waals surface area (Å²) in [6.45, 7) is -0.00232. The second kappa shape index (κ2) is 5.89. The van der Waals surface area contributed by atoms with Gasteiger partial charge in [0.05, 0.1) is 12.2 Å². The van der Waals surface area contributed by atoms with Crippen molar-refractivity contribution in [3.63, 3.8) is 0 Å². The summed E-state index contributed by atoms with van der Waals surface area (Å²) in [7, 11) is 0. The molecule has 1 aromatic carbocycles. The molecule has 1 heterocycles. The zero-order valence-corrected chi connectivity index (χ0v) is 10.7. The molecule has 20 heavy (non-hydrogen) atoms. The average Bonchev–Trinajstić information content (AvgIpc) is 2.76. The van der Waals surface area contributed by atoms with Gasteiger partial charge in [0.1, 0.15) is 5.75 Å². The van der Waals surface area contributed by atoms with Gasteiger partial charge in [-0.05, 0) is 24.3 Å². The van der Waals surface area contributed by atoms with Crippen LogP contribution in [0.25, 0.3) is 0 Å². The fourth-order valence-corrected chi connectivity index (χ4v) is 1.97. The number of aliphatic hydroxyl groups excluding tert-OH is 2. The summed E-state index contributed by atoms with van der Waals surface area (Å²) in [5, 5.41) is 18.8. The number of hydrogen-bond donors (Lipinski definition) is 3. The first-order valence-electron chi connectivity index (χ1n) is 6.14. The molecule has 4 N–H and O–H groups in total. The molecule has 7 heteroatoms. The van der Waals surface area contributed by atoms with Gasteiger partial charge in [0.15, 0.2) is 6.61 Å². The predicted octanol–water partition coefficient (Wildman–Crippen LogP) is -1.27. The maximum atomic E-state index is 12.1. The van der Waals surface area contributed by atoms with Gasteiger partial charge in [0.2, 0.25) is 0 Å². The van der Waals surface area contributed by atoms with E-state index in [2.05, 4.69) is 0 Å². The van der Waals surface area contributed by atoms with Gasteiger partial charge in [-0.25, -0.2) is 0 Å². The molecule has 0 aromatic heterocycles. The Morgan fingerprint density at radius 2 is 1.75 bits per heavy atom. The first-order valence-corrected chi connectivity index (χ1v) is 6.14. The molecule has 1 saturated heterocycles. The number of carbonyl (C=O) groups is 2. The quantitative estimate of drug-likeness (QED) is 0.636. The van der Waals surface area contributed by atoms with Gasteiger partial charge in [-0.1, -0.05) is 0 Å². The molecule has 0 saturated carbocycles. The number of nitrogens with two attached hydrogens (primary N) is 1. The monoisotopic (exact) mass is 280 g/mol. The van der Waals surface area contributed by atoms with Crippen molar-refractivity contribution in [3.8, 4) is 5.75 Å². The summed E-state index contributed by atoms with van der Waals surface area (Å²) in [4.78, 5) is 24.1. The molecule has 2 amide bonds. The standard InChI is InChI=1S/C13H16N2O5/c14-12(18)7-20-9-3-1-8(2-4-9)13(19)15-5-10(16)11(17)6-15/h1-4,10-11,16-17H,5-7H2,(H2,14,18). The Morgan fingerprint density at radius 1 is 1.20 bits per heavy atom. The van der Waals surface area contributed by atoms with E-state index < -0.39 is 18.1 Å². The SMILES string of the molecule is NC(=O)COc1ccc(C(=O)N2CC(O)C(O)C2)cc1. The van der Waals surface area contributed by atoms with Crippen molar-refractivity contribution in [2.24, 2.45) is 5.73 Å². The molecule has 7 nitrogen and oxygen atoms in total.